The van der Waals surface area contributed by atoms with Gasteiger partial charge in [-0.2, -0.15) is 0 Å². The van der Waals surface area contributed by atoms with Crippen molar-refractivity contribution in [3.63, 3.8) is 0 Å². The van der Waals surface area contributed by atoms with Gasteiger partial charge in [0.1, 0.15) is 11.3 Å². The summed E-state index contributed by atoms with van der Waals surface area (Å²) in [6.07, 6.45) is -0.817. The molecular weight excluding hydrogens is 376 g/mol. The van der Waals surface area contributed by atoms with Crippen molar-refractivity contribution >= 4 is 16.8 Å². The highest BCUT2D eigenvalue weighted by Crippen LogP contribution is 2.29. The fraction of sp³-hybridized carbons (Fsp3) is 0.154. The van der Waals surface area contributed by atoms with E-state index in [0.29, 0.717) is 16.9 Å². The molecule has 0 amide bonds. The van der Waals surface area contributed by atoms with E-state index in [4.69, 9.17) is 9.15 Å². The molecule has 0 radical (unpaired) electrons. The van der Waals surface area contributed by atoms with E-state index >= 15 is 0 Å². The van der Waals surface area contributed by atoms with Crippen molar-refractivity contribution in [3.8, 4) is 5.75 Å². The average Bonchev–Trinajstić information content (AvgIpc) is 2.73. The number of carbonyl (C=O) groups is 1. The maximum atomic E-state index is 13.4. The molecule has 0 aliphatic rings. The third-order valence-electron chi connectivity index (χ3n) is 5.31. The normalized spacial score (nSPS) is 12.0. The molecule has 3 aromatic carbocycles. The van der Waals surface area contributed by atoms with Crippen LogP contribution in [0.25, 0.3) is 11.0 Å². The molecule has 0 spiro atoms. The van der Waals surface area contributed by atoms with Crippen molar-refractivity contribution in [1.29, 1.82) is 0 Å². The van der Waals surface area contributed by atoms with E-state index in [0.717, 1.165) is 27.6 Å². The zero-order valence-electron chi connectivity index (χ0n) is 17.1. The van der Waals surface area contributed by atoms with Crippen LogP contribution in [0.3, 0.4) is 0 Å². The van der Waals surface area contributed by atoms with E-state index in [1.807, 2.05) is 75.4 Å². The molecule has 1 atom stereocenters. The number of ether oxygens (including phenoxy) is 1. The molecular formula is C26H22O4. The van der Waals surface area contributed by atoms with Crippen LogP contribution in [-0.2, 0) is 0 Å². The van der Waals surface area contributed by atoms with Gasteiger partial charge < -0.3 is 9.15 Å². The highest BCUT2D eigenvalue weighted by Gasteiger charge is 2.24. The number of hydrogen-bond acceptors (Lipinski definition) is 4. The minimum absolute atomic E-state index is 0.130. The van der Waals surface area contributed by atoms with Crippen molar-refractivity contribution in [2.75, 3.05) is 0 Å². The first-order valence-corrected chi connectivity index (χ1v) is 9.80. The van der Waals surface area contributed by atoms with Gasteiger partial charge in [0.15, 0.2) is 6.10 Å². The molecule has 30 heavy (non-hydrogen) atoms. The van der Waals surface area contributed by atoms with Gasteiger partial charge >= 0.3 is 5.63 Å². The maximum Gasteiger partial charge on any atom is 0.336 e. The van der Waals surface area contributed by atoms with Crippen LogP contribution in [0.15, 0.2) is 82.0 Å². The van der Waals surface area contributed by atoms with Gasteiger partial charge in [-0.05, 0) is 55.7 Å². The van der Waals surface area contributed by atoms with Crippen LogP contribution in [0, 0.1) is 20.8 Å². The topological polar surface area (TPSA) is 56.5 Å². The van der Waals surface area contributed by atoms with Crippen LogP contribution in [0.4, 0.5) is 0 Å². The Morgan fingerprint density at radius 1 is 0.833 bits per heavy atom. The Morgan fingerprint density at radius 2 is 1.60 bits per heavy atom. The second kappa shape index (κ2) is 7.99. The Labute approximate surface area is 174 Å². The van der Waals surface area contributed by atoms with Gasteiger partial charge in [-0.3, -0.25) is 4.79 Å². The predicted octanol–water partition coefficient (Wildman–Crippen LogP) is 5.72. The third kappa shape index (κ3) is 3.90. The van der Waals surface area contributed by atoms with Crippen molar-refractivity contribution in [2.24, 2.45) is 0 Å². The van der Waals surface area contributed by atoms with Crippen LogP contribution < -0.4 is 10.4 Å². The Kier molecular flexibility index (Phi) is 5.23. The molecule has 0 unspecified atom stereocenters. The summed E-state index contributed by atoms with van der Waals surface area (Å²) in [6.45, 7) is 5.85. The minimum Gasteiger partial charge on any atom is -0.477 e. The summed E-state index contributed by atoms with van der Waals surface area (Å²) in [7, 11) is 0. The average molecular weight is 398 g/mol. The van der Waals surface area contributed by atoms with Gasteiger partial charge in [0.05, 0.1) is 0 Å². The van der Waals surface area contributed by atoms with Gasteiger partial charge in [0.2, 0.25) is 5.78 Å². The Bertz CT molecular complexity index is 1290. The SMILES string of the molecule is Cc1ccc(C(=O)[C@H](Oc2ccc3c(C)cc(=O)oc3c2)c2ccccc2)cc1C. The molecule has 4 aromatic rings. The zero-order chi connectivity index (χ0) is 21.3. The molecule has 0 N–H and O–H groups in total. The Morgan fingerprint density at radius 3 is 2.33 bits per heavy atom. The highest BCUT2D eigenvalue weighted by atomic mass is 16.5. The summed E-state index contributed by atoms with van der Waals surface area (Å²) in [5, 5.41) is 0.832. The standard InChI is InChI=1S/C26H22O4/c1-16-9-10-20(13-17(16)2)25(28)26(19-7-5-4-6-8-19)29-21-11-12-22-18(3)14-24(27)30-23(22)15-21/h4-15,26H,1-3H3/t26-/m1/s1. The van der Waals surface area contributed by atoms with E-state index in [9.17, 15) is 9.59 Å². The maximum absolute atomic E-state index is 13.4. The number of carbonyl (C=O) groups excluding carboxylic acids is 1. The van der Waals surface area contributed by atoms with E-state index in [-0.39, 0.29) is 5.78 Å². The summed E-state index contributed by atoms with van der Waals surface area (Å²) in [6, 6.07) is 21.8. The fourth-order valence-corrected chi connectivity index (χ4v) is 3.46. The van der Waals surface area contributed by atoms with Gasteiger partial charge in [0, 0.05) is 28.6 Å². The third-order valence-corrected chi connectivity index (χ3v) is 5.31. The zero-order valence-corrected chi connectivity index (χ0v) is 17.1. The molecule has 0 aliphatic carbocycles. The quantitative estimate of drug-likeness (QED) is 0.319. The smallest absolute Gasteiger partial charge is 0.336 e. The number of benzene rings is 3. The van der Waals surface area contributed by atoms with E-state index in [2.05, 4.69) is 0 Å². The van der Waals surface area contributed by atoms with E-state index in [1.54, 1.807) is 12.1 Å². The number of fused-ring (bicyclic) bond motifs is 1. The molecule has 0 bridgehead atoms. The second-order valence-corrected chi connectivity index (χ2v) is 7.48. The summed E-state index contributed by atoms with van der Waals surface area (Å²) in [4.78, 5) is 25.1. The highest BCUT2D eigenvalue weighted by molar-refractivity contribution is 6.00. The van der Waals surface area contributed by atoms with Crippen LogP contribution in [-0.4, -0.2) is 5.78 Å². The molecule has 0 saturated heterocycles. The van der Waals surface area contributed by atoms with Gasteiger partial charge in [-0.15, -0.1) is 0 Å². The summed E-state index contributed by atoms with van der Waals surface area (Å²) in [5.41, 5.74) is 4.38. The molecule has 0 fully saturated rings. The van der Waals surface area contributed by atoms with Crippen LogP contribution in [0.1, 0.15) is 38.7 Å². The van der Waals surface area contributed by atoms with E-state index < -0.39 is 11.7 Å². The van der Waals surface area contributed by atoms with Crippen LogP contribution in [0.5, 0.6) is 5.75 Å². The largest absolute Gasteiger partial charge is 0.477 e. The molecule has 1 heterocycles. The number of rotatable bonds is 5. The predicted molar refractivity (Wildman–Crippen MR) is 117 cm³/mol. The lowest BCUT2D eigenvalue weighted by Gasteiger charge is -2.19. The Hall–Kier alpha value is -3.66. The first kappa shape index (κ1) is 19.6. The van der Waals surface area contributed by atoms with Crippen molar-refractivity contribution < 1.29 is 13.9 Å². The summed E-state index contributed by atoms with van der Waals surface area (Å²) < 4.78 is 11.5. The lowest BCUT2D eigenvalue weighted by molar-refractivity contribution is 0.0792. The van der Waals surface area contributed by atoms with Gasteiger partial charge in [-0.1, -0.05) is 42.5 Å². The fourth-order valence-electron chi connectivity index (χ4n) is 3.46. The number of Topliss-reactive ketones (excluding diaryl/α,β-unsaturated/α-hetero) is 1. The molecule has 4 rings (SSSR count). The molecule has 4 nitrogen and oxygen atoms in total. The summed E-state index contributed by atoms with van der Waals surface area (Å²) >= 11 is 0. The minimum atomic E-state index is -0.817. The van der Waals surface area contributed by atoms with Crippen LogP contribution >= 0.6 is 0 Å². The first-order valence-electron chi connectivity index (χ1n) is 9.80. The number of ketones is 1. The summed E-state index contributed by atoms with van der Waals surface area (Å²) in [5.74, 6) is 0.331. The monoisotopic (exact) mass is 398 g/mol. The van der Waals surface area contributed by atoms with Crippen LogP contribution in [0.2, 0.25) is 0 Å². The van der Waals surface area contributed by atoms with Crippen molar-refractivity contribution in [2.45, 2.75) is 26.9 Å². The Balaban J connectivity index is 1.75. The second-order valence-electron chi connectivity index (χ2n) is 7.48. The van der Waals surface area contributed by atoms with Gasteiger partial charge in [-0.25, -0.2) is 4.79 Å². The van der Waals surface area contributed by atoms with Crippen molar-refractivity contribution in [3.05, 3.63) is 111 Å². The lowest BCUT2D eigenvalue weighted by atomic mass is 9.97. The first-order chi connectivity index (χ1) is 14.4. The molecule has 0 aliphatic heterocycles. The van der Waals surface area contributed by atoms with Crippen molar-refractivity contribution in [1.82, 2.24) is 0 Å². The molecule has 4 heteroatoms. The molecule has 0 saturated carbocycles. The number of hydrogen-bond donors (Lipinski definition) is 0. The number of aryl methyl sites for hydroxylation is 3. The lowest BCUT2D eigenvalue weighted by Crippen LogP contribution is -2.19. The molecule has 150 valence electrons. The van der Waals surface area contributed by atoms with E-state index in [1.165, 1.54) is 6.07 Å². The van der Waals surface area contributed by atoms with Gasteiger partial charge in [0.25, 0.3) is 0 Å². The molecule has 1 aromatic heterocycles.